The molecule has 0 aromatic carbocycles. The Hall–Kier alpha value is -2.39. The monoisotopic (exact) mass is 640 g/mol. The number of methoxy groups -OCH3 is 1. The van der Waals surface area contributed by atoms with E-state index in [1.54, 1.807) is 18.2 Å². The molecule has 2 atom stereocenters. The number of carbonyl (C=O) groups excluding carboxylic acids is 2. The third kappa shape index (κ3) is 9.56. The van der Waals surface area contributed by atoms with Gasteiger partial charge in [0.05, 0.1) is 5.92 Å². The minimum absolute atomic E-state index is 0. The summed E-state index contributed by atoms with van der Waals surface area (Å²) in [6, 6.07) is -0.198. The van der Waals surface area contributed by atoms with Crippen molar-refractivity contribution in [1.29, 1.82) is 0 Å². The molecule has 3 rings (SSSR count). The first-order chi connectivity index (χ1) is 20.2. The van der Waals surface area contributed by atoms with Crippen LogP contribution in [0, 0.1) is 11.8 Å². The molecule has 2 fully saturated rings. The summed E-state index contributed by atoms with van der Waals surface area (Å²) in [7, 11) is 1.17. The van der Waals surface area contributed by atoms with Crippen LogP contribution >= 0.6 is 0 Å². The largest absolute Gasteiger partial charge is 0.385 e. The van der Waals surface area contributed by atoms with E-state index in [1.165, 1.54) is 22.7 Å². The Morgan fingerprint density at radius 2 is 1.82 bits per heavy atom. The molecule has 252 valence electrons. The molecule has 0 aliphatic carbocycles. The molecule has 44 heavy (non-hydrogen) atoms. The second-order valence-electron chi connectivity index (χ2n) is 13.1. The Kier molecular flexibility index (Phi) is 14.0. The first-order valence-corrected chi connectivity index (χ1v) is 16.6. The molecule has 1 aromatic rings. The molecule has 0 unspecified atom stereocenters. The number of hydrogen-bond donors (Lipinski definition) is 2. The number of nitrogens with zero attached hydrogens (tertiary/aromatic N) is 6. The lowest BCUT2D eigenvalue weighted by atomic mass is 9.92. The van der Waals surface area contributed by atoms with Crippen molar-refractivity contribution < 1.29 is 22.7 Å². The van der Waals surface area contributed by atoms with Crippen LogP contribution in [0.5, 0.6) is 0 Å². The van der Waals surface area contributed by atoms with Gasteiger partial charge in [-0.25, -0.2) is 9.97 Å². The van der Waals surface area contributed by atoms with E-state index >= 15 is 0 Å². The number of piperidine rings is 1. The average molecular weight is 641 g/mol. The van der Waals surface area contributed by atoms with Gasteiger partial charge in [-0.3, -0.25) is 9.59 Å². The van der Waals surface area contributed by atoms with Gasteiger partial charge in [0.15, 0.2) is 0 Å². The summed E-state index contributed by atoms with van der Waals surface area (Å²) >= 11 is 0. The van der Waals surface area contributed by atoms with Crippen LogP contribution in [0.3, 0.4) is 0 Å². The lowest BCUT2D eigenvalue weighted by Gasteiger charge is -2.41. The first kappa shape index (κ1) is 37.8. The van der Waals surface area contributed by atoms with Crippen LogP contribution in [-0.2, 0) is 25.2 Å². The van der Waals surface area contributed by atoms with Gasteiger partial charge in [0.25, 0.3) is 16.1 Å². The highest BCUT2D eigenvalue weighted by atomic mass is 32.2. The number of ether oxygens (including phenoxy) is 1. The maximum absolute atomic E-state index is 14.2. The summed E-state index contributed by atoms with van der Waals surface area (Å²) in [6.45, 7) is 14.3. The molecule has 2 N–H and O–H groups in total. The first-order valence-electron chi connectivity index (χ1n) is 15.2. The molecular formula is C30H56N8O5S. The molecule has 2 amide bonds. The van der Waals surface area contributed by atoms with Gasteiger partial charge in [-0.15, -0.1) is 0 Å². The van der Waals surface area contributed by atoms with Crippen LogP contribution in [-0.4, -0.2) is 135 Å². The molecule has 2 saturated heterocycles. The van der Waals surface area contributed by atoms with Crippen molar-refractivity contribution >= 4 is 27.8 Å². The van der Waals surface area contributed by atoms with Gasteiger partial charge in [-0.2, -0.15) is 17.0 Å². The van der Waals surface area contributed by atoms with E-state index in [0.29, 0.717) is 69.5 Å². The number of anilines is 1. The molecule has 2 aliphatic rings. The van der Waals surface area contributed by atoms with E-state index in [-0.39, 0.29) is 55.6 Å². The topological polar surface area (TPSA) is 140 Å². The fourth-order valence-electron chi connectivity index (χ4n) is 5.38. The molecular weight excluding hydrogens is 584 g/mol. The number of amides is 2. The molecule has 13 nitrogen and oxygen atoms in total. The third-order valence-electron chi connectivity index (χ3n) is 7.79. The van der Waals surface area contributed by atoms with Gasteiger partial charge in [0.2, 0.25) is 5.91 Å². The Balaban J connectivity index is 0.00000675. The summed E-state index contributed by atoms with van der Waals surface area (Å²) in [5.41, 5.74) is 0.128. The van der Waals surface area contributed by atoms with Gasteiger partial charge >= 0.3 is 0 Å². The molecule has 3 heterocycles. The summed E-state index contributed by atoms with van der Waals surface area (Å²) in [5, 5.41) is 6.73. The van der Waals surface area contributed by atoms with Crippen molar-refractivity contribution in [1.82, 2.24) is 33.7 Å². The van der Waals surface area contributed by atoms with Gasteiger partial charge in [0, 0.05) is 97.8 Å². The quantitative estimate of drug-likeness (QED) is 0.328. The highest BCUT2D eigenvalue weighted by Gasteiger charge is 2.38. The Bertz CT molecular complexity index is 1200. The number of piperazine rings is 1. The van der Waals surface area contributed by atoms with E-state index in [2.05, 4.69) is 29.5 Å². The van der Waals surface area contributed by atoms with Gasteiger partial charge in [0.1, 0.15) is 17.2 Å². The van der Waals surface area contributed by atoms with Crippen molar-refractivity contribution in [3.05, 3.63) is 17.6 Å². The van der Waals surface area contributed by atoms with Crippen molar-refractivity contribution in [3.8, 4) is 0 Å². The van der Waals surface area contributed by atoms with Crippen LogP contribution < -0.4 is 10.6 Å². The number of nitrogens with one attached hydrogen (secondary N) is 2. The van der Waals surface area contributed by atoms with Gasteiger partial charge in [-0.1, -0.05) is 42.0 Å². The minimum Gasteiger partial charge on any atom is -0.385 e. The van der Waals surface area contributed by atoms with E-state index in [1.807, 2.05) is 25.7 Å². The van der Waals surface area contributed by atoms with Crippen LogP contribution in [0.1, 0.15) is 71.1 Å². The second kappa shape index (κ2) is 16.3. The normalized spacial score (nSPS) is 20.0. The number of carbonyl (C=O) groups is 2. The average Bonchev–Trinajstić information content (AvgIpc) is 2.96. The smallest absolute Gasteiger partial charge is 0.281 e. The number of rotatable bonds is 12. The van der Waals surface area contributed by atoms with E-state index < -0.39 is 10.2 Å². The Morgan fingerprint density at radius 3 is 2.39 bits per heavy atom. The minimum atomic E-state index is -3.51. The Morgan fingerprint density at radius 1 is 1.16 bits per heavy atom. The summed E-state index contributed by atoms with van der Waals surface area (Å²) in [5.74, 6) is 0.887. The van der Waals surface area contributed by atoms with Crippen molar-refractivity contribution in [2.24, 2.45) is 11.8 Å². The zero-order valence-corrected chi connectivity index (χ0v) is 28.0. The van der Waals surface area contributed by atoms with Gasteiger partial charge < -0.3 is 25.2 Å². The maximum atomic E-state index is 14.2. The predicted octanol–water partition coefficient (Wildman–Crippen LogP) is 1.89. The lowest BCUT2D eigenvalue weighted by Crippen LogP contribution is -2.58. The van der Waals surface area contributed by atoms with E-state index in [0.717, 1.165) is 6.42 Å². The highest BCUT2D eigenvalue weighted by molar-refractivity contribution is 7.86. The van der Waals surface area contributed by atoms with Crippen LogP contribution in [0.2, 0.25) is 0 Å². The molecule has 0 bridgehead atoms. The van der Waals surface area contributed by atoms with Crippen LogP contribution in [0.25, 0.3) is 0 Å². The van der Waals surface area contributed by atoms with Crippen molar-refractivity contribution in [3.63, 3.8) is 0 Å². The predicted molar refractivity (Wildman–Crippen MR) is 174 cm³/mol. The highest BCUT2D eigenvalue weighted by Crippen LogP contribution is 2.26. The van der Waals surface area contributed by atoms with Crippen LogP contribution in [0.15, 0.2) is 6.20 Å². The number of hydrogen-bond acceptors (Lipinski definition) is 9. The molecule has 2 aliphatic heterocycles. The molecule has 0 spiro atoms. The SMILES string of the molecule is C.COCCCNc1nc(C(C)(C)C)ncc1C(=O)N(CC(C)C)[C@@H]1CNC[C@H](C(=O)N2CCN(S(=O)(=O)N(C)C)CC2)C1. The Labute approximate surface area is 265 Å². The molecule has 0 saturated carbocycles. The molecule has 14 heteroatoms. The summed E-state index contributed by atoms with van der Waals surface area (Å²) < 4.78 is 32.8. The molecule has 0 radical (unpaired) electrons. The third-order valence-corrected chi connectivity index (χ3v) is 9.73. The standard InChI is InChI=1S/C29H52N8O5S.CH4/c1-21(2)20-37(27(39)24-19-32-28(29(3,4)5)33-25(24)31-10-9-15-42-8)23-16-22(17-30-18-23)26(38)35-11-13-36(14-12-35)43(40,41)34(6)7;/h19,21-23,30H,9-18,20H2,1-8H3,(H,31,32,33);1H4/t22-,23+;/m1./s1. The number of aromatic nitrogens is 2. The lowest BCUT2D eigenvalue weighted by molar-refractivity contribution is -0.137. The van der Waals surface area contributed by atoms with Crippen molar-refractivity contribution in [2.75, 3.05) is 85.5 Å². The summed E-state index contributed by atoms with van der Waals surface area (Å²) in [4.78, 5) is 40.8. The van der Waals surface area contributed by atoms with E-state index in [4.69, 9.17) is 9.72 Å². The van der Waals surface area contributed by atoms with E-state index in [9.17, 15) is 18.0 Å². The van der Waals surface area contributed by atoms with Crippen molar-refractivity contribution in [2.45, 2.75) is 66.3 Å². The summed E-state index contributed by atoms with van der Waals surface area (Å²) in [6.07, 6.45) is 2.92. The molecule has 1 aromatic heterocycles. The maximum Gasteiger partial charge on any atom is 0.281 e. The van der Waals surface area contributed by atoms with Crippen LogP contribution in [0.4, 0.5) is 5.82 Å². The zero-order chi connectivity index (χ0) is 31.9. The van der Waals surface area contributed by atoms with Gasteiger partial charge in [-0.05, 0) is 18.8 Å². The fourth-order valence-corrected chi connectivity index (χ4v) is 6.46. The second-order valence-corrected chi connectivity index (χ2v) is 15.2. The zero-order valence-electron chi connectivity index (χ0n) is 27.2. The fraction of sp³-hybridized carbons (Fsp3) is 0.800.